The van der Waals surface area contributed by atoms with E-state index in [0.29, 0.717) is 12.2 Å². The lowest BCUT2D eigenvalue weighted by atomic mass is 10.1. The number of carbonyl (C=O) groups is 2. The molecule has 0 aliphatic carbocycles. The molecule has 92 valence electrons. The first kappa shape index (κ1) is 13.2. The molecule has 0 spiro atoms. The maximum absolute atomic E-state index is 11.4. The topological polar surface area (TPSA) is 72.5 Å². The molecule has 0 aromatic carbocycles. The maximum atomic E-state index is 11.4. The van der Waals surface area contributed by atoms with Gasteiger partial charge in [0, 0.05) is 16.6 Å². The predicted molar refractivity (Wildman–Crippen MR) is 60.7 cm³/mol. The highest BCUT2D eigenvalue weighted by atomic mass is 32.2. The van der Waals surface area contributed by atoms with E-state index in [9.17, 15) is 13.8 Å². The van der Waals surface area contributed by atoms with Gasteiger partial charge in [0.15, 0.2) is 5.78 Å². The second-order valence-electron chi connectivity index (χ2n) is 4.74. The lowest BCUT2D eigenvalue weighted by Crippen LogP contribution is -2.48. The molecule has 0 radical (unpaired) electrons. The summed E-state index contributed by atoms with van der Waals surface area (Å²) in [6.07, 6.45) is -0.177. The van der Waals surface area contributed by atoms with Gasteiger partial charge >= 0.3 is 6.09 Å². The number of carbonyl (C=O) groups excluding carboxylic acids is 2. The van der Waals surface area contributed by atoms with Crippen LogP contribution in [0.1, 0.15) is 27.2 Å². The Kier molecular flexibility index (Phi) is 4.07. The average molecular weight is 247 g/mol. The number of amides is 1. The lowest BCUT2D eigenvalue weighted by Gasteiger charge is -2.24. The lowest BCUT2D eigenvalue weighted by molar-refractivity contribution is -0.118. The van der Waals surface area contributed by atoms with Gasteiger partial charge in [-0.05, 0) is 27.2 Å². The third-order valence-electron chi connectivity index (χ3n) is 2.02. The highest BCUT2D eigenvalue weighted by Gasteiger charge is 2.29. The summed E-state index contributed by atoms with van der Waals surface area (Å²) in [5.41, 5.74) is -0.579. The first-order valence-electron chi connectivity index (χ1n) is 5.15. The van der Waals surface area contributed by atoms with Crippen LogP contribution >= 0.6 is 0 Å². The Morgan fingerprint density at radius 2 is 2.12 bits per heavy atom. The van der Waals surface area contributed by atoms with Crippen LogP contribution < -0.4 is 5.32 Å². The maximum Gasteiger partial charge on any atom is 0.408 e. The van der Waals surface area contributed by atoms with Gasteiger partial charge in [0.05, 0.1) is 11.8 Å². The Morgan fingerprint density at radius 3 is 2.62 bits per heavy atom. The van der Waals surface area contributed by atoms with Crippen LogP contribution in [0.25, 0.3) is 0 Å². The Morgan fingerprint density at radius 1 is 1.50 bits per heavy atom. The number of hydrogen-bond donors (Lipinski definition) is 1. The summed E-state index contributed by atoms with van der Waals surface area (Å²) in [6, 6.07) is -0.549. The fourth-order valence-corrected chi connectivity index (χ4v) is 2.51. The van der Waals surface area contributed by atoms with Crippen molar-refractivity contribution in [1.82, 2.24) is 5.32 Å². The third-order valence-corrected chi connectivity index (χ3v) is 3.31. The molecule has 1 N–H and O–H groups in total. The Bertz CT molecular complexity index is 321. The molecular weight excluding hydrogens is 230 g/mol. The molecular formula is C10H17NO4S. The van der Waals surface area contributed by atoms with Crippen molar-refractivity contribution in [2.75, 3.05) is 11.5 Å². The van der Waals surface area contributed by atoms with Crippen molar-refractivity contribution in [1.29, 1.82) is 0 Å². The van der Waals surface area contributed by atoms with Crippen LogP contribution in [0.3, 0.4) is 0 Å². The smallest absolute Gasteiger partial charge is 0.408 e. The number of Topliss-reactive ketones (excluding diaryl/α,β-unsaturated/α-hetero) is 1. The van der Waals surface area contributed by atoms with Crippen LogP contribution in [0.4, 0.5) is 4.79 Å². The molecule has 16 heavy (non-hydrogen) atoms. The van der Waals surface area contributed by atoms with Gasteiger partial charge in [0.1, 0.15) is 5.60 Å². The average Bonchev–Trinajstić information content (AvgIpc) is 2.06. The monoisotopic (exact) mass is 247 g/mol. The van der Waals surface area contributed by atoms with Crippen LogP contribution in [0.5, 0.6) is 0 Å². The fourth-order valence-electron chi connectivity index (χ4n) is 1.34. The van der Waals surface area contributed by atoms with Crippen molar-refractivity contribution >= 4 is 22.7 Å². The van der Waals surface area contributed by atoms with Crippen LogP contribution in [-0.4, -0.2) is 39.2 Å². The summed E-state index contributed by atoms with van der Waals surface area (Å²) >= 11 is 0. The molecule has 1 rings (SSSR count). The molecule has 0 aromatic rings. The van der Waals surface area contributed by atoms with E-state index in [1.165, 1.54) is 0 Å². The van der Waals surface area contributed by atoms with E-state index < -0.39 is 28.5 Å². The number of rotatable bonds is 1. The van der Waals surface area contributed by atoms with E-state index in [1.807, 2.05) is 0 Å². The Hall–Kier alpha value is -0.910. The number of ether oxygens (including phenoxy) is 1. The van der Waals surface area contributed by atoms with E-state index in [1.54, 1.807) is 20.8 Å². The van der Waals surface area contributed by atoms with E-state index >= 15 is 0 Å². The van der Waals surface area contributed by atoms with Crippen molar-refractivity contribution in [2.45, 2.75) is 38.8 Å². The summed E-state index contributed by atoms with van der Waals surface area (Å²) in [7, 11) is -1.07. The van der Waals surface area contributed by atoms with Crippen molar-refractivity contribution in [2.24, 2.45) is 0 Å². The number of ketones is 1. The normalized spacial score (nSPS) is 26.3. The Balaban J connectivity index is 2.45. The van der Waals surface area contributed by atoms with Crippen molar-refractivity contribution in [3.8, 4) is 0 Å². The van der Waals surface area contributed by atoms with Crippen LogP contribution in [-0.2, 0) is 20.3 Å². The molecule has 6 heteroatoms. The van der Waals surface area contributed by atoms with Crippen LogP contribution in [0.2, 0.25) is 0 Å². The van der Waals surface area contributed by atoms with Gasteiger partial charge in [0.2, 0.25) is 0 Å². The standard InChI is InChI=1S/C10H17NO4S/c1-10(2,3)15-9(13)11-7-4-5-16(14)6-8(7)12/h7H,4-6H2,1-3H3,(H,11,13)/t7-,16?/m0/s1. The summed E-state index contributed by atoms with van der Waals surface area (Å²) in [5.74, 6) is 0.294. The minimum absolute atomic E-state index is 0.0282. The molecule has 1 amide bonds. The van der Waals surface area contributed by atoms with E-state index in [2.05, 4.69) is 5.32 Å². The highest BCUT2D eigenvalue weighted by molar-refractivity contribution is 7.85. The summed E-state index contributed by atoms with van der Waals surface area (Å²) in [6.45, 7) is 5.26. The molecule has 1 aliphatic heterocycles. The van der Waals surface area contributed by atoms with Gasteiger partial charge in [-0.2, -0.15) is 0 Å². The number of hydrogen-bond acceptors (Lipinski definition) is 4. The molecule has 0 saturated carbocycles. The largest absolute Gasteiger partial charge is 0.444 e. The van der Waals surface area contributed by atoms with Gasteiger partial charge in [-0.15, -0.1) is 0 Å². The van der Waals surface area contributed by atoms with Crippen LogP contribution in [0.15, 0.2) is 0 Å². The molecule has 1 heterocycles. The zero-order chi connectivity index (χ0) is 12.3. The van der Waals surface area contributed by atoms with Crippen molar-refractivity contribution in [3.63, 3.8) is 0 Å². The minimum Gasteiger partial charge on any atom is -0.444 e. The van der Waals surface area contributed by atoms with Gasteiger partial charge in [-0.1, -0.05) is 0 Å². The zero-order valence-corrected chi connectivity index (χ0v) is 10.6. The zero-order valence-electron chi connectivity index (χ0n) is 9.74. The van der Waals surface area contributed by atoms with E-state index in [0.717, 1.165) is 0 Å². The van der Waals surface area contributed by atoms with Crippen molar-refractivity contribution < 1.29 is 18.5 Å². The SMILES string of the molecule is CC(C)(C)OC(=O)N[C@H]1CCS(=O)CC1=O. The van der Waals surface area contributed by atoms with Gasteiger partial charge in [-0.25, -0.2) is 4.79 Å². The molecule has 1 aliphatic rings. The fraction of sp³-hybridized carbons (Fsp3) is 0.800. The first-order valence-corrected chi connectivity index (χ1v) is 6.64. The second-order valence-corrected chi connectivity index (χ2v) is 6.32. The van der Waals surface area contributed by atoms with Crippen molar-refractivity contribution in [3.05, 3.63) is 0 Å². The molecule has 0 aromatic heterocycles. The molecule has 1 unspecified atom stereocenters. The minimum atomic E-state index is -1.07. The Labute approximate surface area is 97.4 Å². The van der Waals surface area contributed by atoms with E-state index in [-0.39, 0.29) is 11.5 Å². The highest BCUT2D eigenvalue weighted by Crippen LogP contribution is 2.09. The van der Waals surface area contributed by atoms with Gasteiger partial charge in [0.25, 0.3) is 0 Å². The number of alkyl carbamates (subject to hydrolysis) is 1. The molecule has 5 nitrogen and oxygen atoms in total. The van der Waals surface area contributed by atoms with E-state index in [4.69, 9.17) is 4.74 Å². The van der Waals surface area contributed by atoms with Gasteiger partial charge < -0.3 is 10.1 Å². The predicted octanol–water partition coefficient (Wildman–Crippen LogP) is 0.601. The second kappa shape index (κ2) is 4.95. The quantitative estimate of drug-likeness (QED) is 0.736. The molecule has 0 bridgehead atoms. The van der Waals surface area contributed by atoms with Gasteiger partial charge in [-0.3, -0.25) is 9.00 Å². The first-order chi connectivity index (χ1) is 7.28. The number of nitrogens with one attached hydrogen (secondary N) is 1. The molecule has 1 saturated heterocycles. The molecule has 2 atom stereocenters. The van der Waals surface area contributed by atoms with Crippen LogP contribution in [0, 0.1) is 0 Å². The third kappa shape index (κ3) is 4.30. The summed E-state index contributed by atoms with van der Waals surface area (Å²) in [5, 5.41) is 2.50. The summed E-state index contributed by atoms with van der Waals surface area (Å²) in [4.78, 5) is 22.8. The molecule has 1 fully saturated rings. The summed E-state index contributed by atoms with van der Waals surface area (Å²) < 4.78 is 16.1.